The summed E-state index contributed by atoms with van der Waals surface area (Å²) in [6.45, 7) is 7.90. The fourth-order valence-corrected chi connectivity index (χ4v) is 2.73. The van der Waals surface area contributed by atoms with Crippen LogP contribution in [0.1, 0.15) is 50.7 Å². The van der Waals surface area contributed by atoms with Crippen LogP contribution in [0, 0.1) is 0 Å². The third-order valence-electron chi connectivity index (χ3n) is 4.03. The minimum Gasteiger partial charge on any atom is -0.445 e. The largest absolute Gasteiger partial charge is 0.445 e. The topological polar surface area (TPSA) is 41.3 Å². The summed E-state index contributed by atoms with van der Waals surface area (Å²) in [4.78, 5) is 7.02. The van der Waals surface area contributed by atoms with Crippen LogP contribution in [-0.4, -0.2) is 42.6 Å². The van der Waals surface area contributed by atoms with Gasteiger partial charge in [0, 0.05) is 18.4 Å². The maximum absolute atomic E-state index is 5.91. The van der Waals surface area contributed by atoms with Crippen LogP contribution in [0.3, 0.4) is 0 Å². The summed E-state index contributed by atoms with van der Waals surface area (Å²) in [5, 5.41) is 3.16. The minimum absolute atomic E-state index is 0.521. The Morgan fingerprint density at radius 1 is 1.42 bits per heavy atom. The Hall–Kier alpha value is -0.870. The molecule has 0 aliphatic carbocycles. The van der Waals surface area contributed by atoms with E-state index in [1.807, 2.05) is 13.2 Å². The molecular weight excluding hydrogens is 238 g/mol. The van der Waals surface area contributed by atoms with E-state index in [0.717, 1.165) is 31.0 Å². The van der Waals surface area contributed by atoms with E-state index in [4.69, 9.17) is 4.42 Å². The van der Waals surface area contributed by atoms with E-state index in [0.29, 0.717) is 12.0 Å². The molecule has 0 radical (unpaired) electrons. The summed E-state index contributed by atoms with van der Waals surface area (Å²) < 4.78 is 5.91. The first-order valence-corrected chi connectivity index (χ1v) is 7.54. The molecular formula is C15H27N3O. The number of piperidine rings is 1. The first-order valence-electron chi connectivity index (χ1n) is 7.54. The van der Waals surface area contributed by atoms with Gasteiger partial charge in [-0.05, 0) is 59.8 Å². The van der Waals surface area contributed by atoms with Crippen LogP contribution >= 0.6 is 0 Å². The lowest BCUT2D eigenvalue weighted by Gasteiger charge is -2.33. The number of aromatic nitrogens is 1. The zero-order chi connectivity index (χ0) is 13.7. The van der Waals surface area contributed by atoms with Crippen LogP contribution in [0.4, 0.5) is 0 Å². The Balaban J connectivity index is 1.82. The van der Waals surface area contributed by atoms with Crippen LogP contribution in [-0.2, 0) is 6.42 Å². The zero-order valence-corrected chi connectivity index (χ0v) is 12.5. The molecule has 0 aromatic carbocycles. The first-order chi connectivity index (χ1) is 9.20. The second kappa shape index (κ2) is 7.06. The Bertz CT molecular complexity index is 367. The highest BCUT2D eigenvalue weighted by molar-refractivity contribution is 5.01. The van der Waals surface area contributed by atoms with Crippen LogP contribution in [0.5, 0.6) is 0 Å². The SMILES string of the molecule is CNCCCc1cnc(C2CCN(C(C)C)CC2)o1. The van der Waals surface area contributed by atoms with Gasteiger partial charge in [-0.3, -0.25) is 0 Å². The predicted octanol–water partition coefficient (Wildman–Crippen LogP) is 2.41. The van der Waals surface area contributed by atoms with Crippen molar-refractivity contribution in [2.75, 3.05) is 26.7 Å². The first kappa shape index (κ1) is 14.5. The Labute approximate surface area is 116 Å². The van der Waals surface area contributed by atoms with Gasteiger partial charge in [-0.2, -0.15) is 0 Å². The second-order valence-electron chi connectivity index (χ2n) is 5.78. The number of rotatable bonds is 6. The molecule has 2 rings (SSSR count). The number of nitrogens with zero attached hydrogens (tertiary/aromatic N) is 2. The van der Waals surface area contributed by atoms with E-state index in [9.17, 15) is 0 Å². The van der Waals surface area contributed by atoms with Crippen molar-refractivity contribution in [3.63, 3.8) is 0 Å². The molecule has 1 aromatic rings. The summed E-state index contributed by atoms with van der Waals surface area (Å²) in [6, 6.07) is 0.655. The second-order valence-corrected chi connectivity index (χ2v) is 5.78. The van der Waals surface area contributed by atoms with Gasteiger partial charge in [0.2, 0.25) is 0 Å². The van der Waals surface area contributed by atoms with Gasteiger partial charge in [0.1, 0.15) is 5.76 Å². The molecule has 108 valence electrons. The zero-order valence-electron chi connectivity index (χ0n) is 12.5. The van der Waals surface area contributed by atoms with E-state index < -0.39 is 0 Å². The Morgan fingerprint density at radius 3 is 2.79 bits per heavy atom. The van der Waals surface area contributed by atoms with Gasteiger partial charge in [0.25, 0.3) is 0 Å². The smallest absolute Gasteiger partial charge is 0.197 e. The van der Waals surface area contributed by atoms with Crippen LogP contribution < -0.4 is 5.32 Å². The normalized spacial score (nSPS) is 18.3. The van der Waals surface area contributed by atoms with Crippen molar-refractivity contribution in [2.24, 2.45) is 0 Å². The molecule has 0 unspecified atom stereocenters. The van der Waals surface area contributed by atoms with Crippen LogP contribution in [0.2, 0.25) is 0 Å². The van der Waals surface area contributed by atoms with Crippen molar-refractivity contribution in [1.82, 2.24) is 15.2 Å². The van der Waals surface area contributed by atoms with Crippen molar-refractivity contribution in [2.45, 2.75) is 51.5 Å². The van der Waals surface area contributed by atoms with E-state index in [2.05, 4.69) is 29.0 Å². The van der Waals surface area contributed by atoms with E-state index in [-0.39, 0.29) is 0 Å². The highest BCUT2D eigenvalue weighted by atomic mass is 16.4. The fourth-order valence-electron chi connectivity index (χ4n) is 2.73. The maximum Gasteiger partial charge on any atom is 0.197 e. The lowest BCUT2D eigenvalue weighted by Crippen LogP contribution is -2.37. The van der Waals surface area contributed by atoms with Crippen LogP contribution in [0.25, 0.3) is 0 Å². The standard InChI is InChI=1S/C15H27N3O/c1-12(2)18-9-6-13(7-10-18)15-17-11-14(19-15)5-4-8-16-3/h11-13,16H,4-10H2,1-3H3. The number of nitrogens with one attached hydrogen (secondary N) is 1. The number of likely N-dealkylation sites (tertiary alicyclic amines) is 1. The van der Waals surface area contributed by atoms with Crippen molar-refractivity contribution in [3.05, 3.63) is 17.8 Å². The van der Waals surface area contributed by atoms with E-state index >= 15 is 0 Å². The summed E-state index contributed by atoms with van der Waals surface area (Å²) in [5.41, 5.74) is 0. The van der Waals surface area contributed by atoms with Gasteiger partial charge in [0.05, 0.1) is 6.20 Å². The van der Waals surface area contributed by atoms with Crippen molar-refractivity contribution < 1.29 is 4.42 Å². The number of aryl methyl sites for hydroxylation is 1. The minimum atomic E-state index is 0.521. The monoisotopic (exact) mass is 265 g/mol. The lowest BCUT2D eigenvalue weighted by atomic mass is 9.96. The Morgan fingerprint density at radius 2 is 2.16 bits per heavy atom. The van der Waals surface area contributed by atoms with Gasteiger partial charge >= 0.3 is 0 Å². The average Bonchev–Trinajstić information content (AvgIpc) is 2.88. The highest BCUT2D eigenvalue weighted by Gasteiger charge is 2.25. The molecule has 1 fully saturated rings. The molecule has 0 saturated carbocycles. The third-order valence-corrected chi connectivity index (χ3v) is 4.03. The number of oxazole rings is 1. The van der Waals surface area contributed by atoms with Gasteiger partial charge in [-0.1, -0.05) is 0 Å². The summed E-state index contributed by atoms with van der Waals surface area (Å²) >= 11 is 0. The summed E-state index contributed by atoms with van der Waals surface area (Å²) in [7, 11) is 1.98. The maximum atomic E-state index is 5.91. The van der Waals surface area contributed by atoms with Gasteiger partial charge in [-0.15, -0.1) is 0 Å². The molecule has 0 amide bonds. The molecule has 1 aliphatic heterocycles. The average molecular weight is 265 g/mol. The fraction of sp³-hybridized carbons (Fsp3) is 0.800. The van der Waals surface area contributed by atoms with Gasteiger partial charge < -0.3 is 14.6 Å². The van der Waals surface area contributed by atoms with Crippen LogP contribution in [0.15, 0.2) is 10.6 Å². The summed E-state index contributed by atoms with van der Waals surface area (Å²) in [6.07, 6.45) is 6.36. The number of hydrogen-bond acceptors (Lipinski definition) is 4. The quantitative estimate of drug-likeness (QED) is 0.802. The molecule has 0 bridgehead atoms. The van der Waals surface area contributed by atoms with Crippen molar-refractivity contribution in [1.29, 1.82) is 0 Å². The van der Waals surface area contributed by atoms with Crippen molar-refractivity contribution >= 4 is 0 Å². The molecule has 4 nitrogen and oxygen atoms in total. The molecule has 1 aliphatic rings. The molecule has 2 heterocycles. The molecule has 19 heavy (non-hydrogen) atoms. The molecule has 0 spiro atoms. The molecule has 1 saturated heterocycles. The molecule has 0 atom stereocenters. The molecule has 1 N–H and O–H groups in total. The predicted molar refractivity (Wildman–Crippen MR) is 77.4 cm³/mol. The van der Waals surface area contributed by atoms with Gasteiger partial charge in [0.15, 0.2) is 5.89 Å². The Kier molecular flexibility index (Phi) is 5.40. The molecule has 1 aromatic heterocycles. The number of hydrogen-bond donors (Lipinski definition) is 1. The summed E-state index contributed by atoms with van der Waals surface area (Å²) in [5.74, 6) is 2.52. The lowest BCUT2D eigenvalue weighted by molar-refractivity contribution is 0.162. The van der Waals surface area contributed by atoms with Crippen molar-refractivity contribution in [3.8, 4) is 0 Å². The highest BCUT2D eigenvalue weighted by Crippen LogP contribution is 2.28. The van der Waals surface area contributed by atoms with E-state index in [1.165, 1.54) is 25.9 Å². The van der Waals surface area contributed by atoms with E-state index in [1.54, 1.807) is 0 Å². The molecule has 4 heteroatoms. The van der Waals surface area contributed by atoms with Gasteiger partial charge in [-0.25, -0.2) is 4.98 Å². The third kappa shape index (κ3) is 4.05.